The molecule has 1 aliphatic rings. The Labute approximate surface area is 157 Å². The van der Waals surface area contributed by atoms with Crippen molar-refractivity contribution in [1.29, 1.82) is 0 Å². The van der Waals surface area contributed by atoms with Gasteiger partial charge in [0, 0.05) is 11.3 Å². The maximum atomic E-state index is 5.63. The van der Waals surface area contributed by atoms with Crippen molar-refractivity contribution in [1.82, 2.24) is 14.8 Å². The first-order valence-electron chi connectivity index (χ1n) is 8.48. The Balaban J connectivity index is 1.82. The number of rotatable bonds is 5. The van der Waals surface area contributed by atoms with Gasteiger partial charge in [0.1, 0.15) is 18.1 Å². The predicted octanol–water partition coefficient (Wildman–Crippen LogP) is 3.36. The Morgan fingerprint density at radius 3 is 2.48 bits per heavy atom. The van der Waals surface area contributed by atoms with Crippen molar-refractivity contribution in [3.05, 3.63) is 66.0 Å². The third kappa shape index (κ3) is 2.97. The van der Waals surface area contributed by atoms with Crippen LogP contribution in [0, 0.1) is 0 Å². The number of methoxy groups -OCH3 is 3. The highest BCUT2D eigenvalue weighted by molar-refractivity contribution is 5.77. The Morgan fingerprint density at radius 2 is 1.78 bits per heavy atom. The van der Waals surface area contributed by atoms with Crippen molar-refractivity contribution in [2.45, 2.75) is 6.04 Å². The summed E-state index contributed by atoms with van der Waals surface area (Å²) in [7, 11) is 4.92. The summed E-state index contributed by atoms with van der Waals surface area (Å²) in [6.07, 6.45) is 3.63. The summed E-state index contributed by atoms with van der Waals surface area (Å²) in [6, 6.07) is 13.5. The zero-order valence-electron chi connectivity index (χ0n) is 15.3. The first-order valence-corrected chi connectivity index (χ1v) is 8.48. The monoisotopic (exact) mass is 364 g/mol. The van der Waals surface area contributed by atoms with E-state index in [0.717, 1.165) is 22.6 Å². The SMILES string of the molecule is COc1ccc(C2=C[C@@H](c3cccc(OC)c3OC)n3ncnc3N2)cc1. The first-order chi connectivity index (χ1) is 13.2. The average molecular weight is 364 g/mol. The molecule has 7 heteroatoms. The number of benzene rings is 2. The van der Waals surface area contributed by atoms with Crippen LogP contribution in [0.15, 0.2) is 54.9 Å². The number of nitrogens with one attached hydrogen (secondary N) is 1. The van der Waals surface area contributed by atoms with E-state index in [1.54, 1.807) is 21.3 Å². The van der Waals surface area contributed by atoms with Gasteiger partial charge in [0.15, 0.2) is 11.5 Å². The largest absolute Gasteiger partial charge is 0.497 e. The van der Waals surface area contributed by atoms with Crippen molar-refractivity contribution in [3.8, 4) is 17.2 Å². The highest BCUT2D eigenvalue weighted by Gasteiger charge is 2.27. The number of allylic oxidation sites excluding steroid dienone is 1. The second kappa shape index (κ2) is 7.03. The molecule has 1 atom stereocenters. The van der Waals surface area contributed by atoms with Crippen LogP contribution in [0.1, 0.15) is 17.2 Å². The highest BCUT2D eigenvalue weighted by atomic mass is 16.5. The molecule has 0 unspecified atom stereocenters. The minimum atomic E-state index is -0.189. The number of para-hydroxylation sites is 1. The van der Waals surface area contributed by atoms with Gasteiger partial charge in [-0.25, -0.2) is 4.68 Å². The van der Waals surface area contributed by atoms with E-state index in [0.29, 0.717) is 17.4 Å². The lowest BCUT2D eigenvalue weighted by Gasteiger charge is -2.26. The summed E-state index contributed by atoms with van der Waals surface area (Å²) in [6.45, 7) is 0. The van der Waals surface area contributed by atoms with Crippen LogP contribution in [-0.4, -0.2) is 36.1 Å². The van der Waals surface area contributed by atoms with Crippen LogP contribution < -0.4 is 19.5 Å². The minimum Gasteiger partial charge on any atom is -0.497 e. The Kier molecular flexibility index (Phi) is 4.42. The number of fused-ring (bicyclic) bond motifs is 1. The zero-order chi connectivity index (χ0) is 18.8. The van der Waals surface area contributed by atoms with E-state index in [1.165, 1.54) is 6.33 Å². The van der Waals surface area contributed by atoms with E-state index in [-0.39, 0.29) is 6.04 Å². The number of anilines is 1. The fourth-order valence-corrected chi connectivity index (χ4v) is 3.24. The van der Waals surface area contributed by atoms with E-state index in [4.69, 9.17) is 14.2 Å². The van der Waals surface area contributed by atoms with Gasteiger partial charge >= 0.3 is 0 Å². The summed E-state index contributed by atoms with van der Waals surface area (Å²) in [5.41, 5.74) is 2.90. The molecule has 138 valence electrons. The summed E-state index contributed by atoms with van der Waals surface area (Å²) in [4.78, 5) is 4.34. The van der Waals surface area contributed by atoms with Crippen molar-refractivity contribution < 1.29 is 14.2 Å². The molecular formula is C20H20N4O3. The first kappa shape index (κ1) is 17.0. The molecule has 0 amide bonds. The molecule has 0 saturated heterocycles. The van der Waals surface area contributed by atoms with Gasteiger partial charge in [0.25, 0.3) is 0 Å². The standard InChI is InChI=1S/C20H20N4O3/c1-25-14-9-7-13(8-10-14)16-11-17(24-20(23-16)21-12-22-24)15-5-4-6-18(26-2)19(15)27-3/h4-12,17H,1-3H3,(H,21,22,23)/t17-/m0/s1. The molecule has 27 heavy (non-hydrogen) atoms. The highest BCUT2D eigenvalue weighted by Crippen LogP contribution is 2.40. The maximum Gasteiger partial charge on any atom is 0.226 e. The van der Waals surface area contributed by atoms with Crippen LogP contribution in [0.2, 0.25) is 0 Å². The number of nitrogens with zero attached hydrogens (tertiary/aromatic N) is 3. The molecule has 0 spiro atoms. The van der Waals surface area contributed by atoms with E-state index in [9.17, 15) is 0 Å². The zero-order valence-corrected chi connectivity index (χ0v) is 15.3. The van der Waals surface area contributed by atoms with E-state index in [1.807, 2.05) is 47.1 Å². The summed E-state index contributed by atoms with van der Waals surface area (Å²) < 4.78 is 18.2. The molecule has 1 aliphatic heterocycles. The van der Waals surface area contributed by atoms with Gasteiger partial charge in [0.05, 0.1) is 21.3 Å². The topological polar surface area (TPSA) is 70.4 Å². The quantitative estimate of drug-likeness (QED) is 0.749. The molecule has 1 aromatic heterocycles. The normalized spacial score (nSPS) is 15.4. The molecule has 3 aromatic rings. The van der Waals surface area contributed by atoms with Crippen molar-refractivity contribution >= 4 is 11.6 Å². The number of ether oxygens (including phenoxy) is 3. The minimum absolute atomic E-state index is 0.189. The van der Waals surface area contributed by atoms with Gasteiger partial charge in [-0.3, -0.25) is 0 Å². The third-order valence-corrected chi connectivity index (χ3v) is 4.56. The van der Waals surface area contributed by atoms with Crippen LogP contribution in [0.5, 0.6) is 17.2 Å². The fraction of sp³-hybridized carbons (Fsp3) is 0.200. The molecule has 7 nitrogen and oxygen atoms in total. The van der Waals surface area contributed by atoms with E-state index >= 15 is 0 Å². The van der Waals surface area contributed by atoms with E-state index in [2.05, 4.69) is 21.5 Å². The molecule has 0 bridgehead atoms. The third-order valence-electron chi connectivity index (χ3n) is 4.56. The van der Waals surface area contributed by atoms with Crippen LogP contribution in [0.25, 0.3) is 5.70 Å². The van der Waals surface area contributed by atoms with Gasteiger partial charge in [-0.1, -0.05) is 12.1 Å². The second-order valence-electron chi connectivity index (χ2n) is 5.99. The second-order valence-corrected chi connectivity index (χ2v) is 5.99. The Hall–Kier alpha value is -3.48. The maximum absolute atomic E-state index is 5.63. The van der Waals surface area contributed by atoms with Crippen LogP contribution >= 0.6 is 0 Å². The van der Waals surface area contributed by atoms with Gasteiger partial charge in [-0.2, -0.15) is 10.1 Å². The average Bonchev–Trinajstić information content (AvgIpc) is 3.21. The smallest absolute Gasteiger partial charge is 0.226 e. The molecule has 0 aliphatic carbocycles. The summed E-state index contributed by atoms with van der Waals surface area (Å²) >= 11 is 0. The van der Waals surface area contributed by atoms with Crippen LogP contribution in [0.3, 0.4) is 0 Å². The van der Waals surface area contributed by atoms with Gasteiger partial charge < -0.3 is 19.5 Å². The Morgan fingerprint density at radius 1 is 0.963 bits per heavy atom. The van der Waals surface area contributed by atoms with Crippen LogP contribution in [-0.2, 0) is 0 Å². The predicted molar refractivity (Wildman–Crippen MR) is 102 cm³/mol. The molecule has 2 heterocycles. The van der Waals surface area contributed by atoms with Gasteiger partial charge in [-0.05, 0) is 42.0 Å². The molecule has 2 aromatic carbocycles. The summed E-state index contributed by atoms with van der Waals surface area (Å²) in [5.74, 6) is 2.83. The van der Waals surface area contributed by atoms with E-state index < -0.39 is 0 Å². The Bertz CT molecular complexity index is 979. The molecule has 0 radical (unpaired) electrons. The van der Waals surface area contributed by atoms with Gasteiger partial charge in [-0.15, -0.1) is 0 Å². The molecule has 1 N–H and O–H groups in total. The fourth-order valence-electron chi connectivity index (χ4n) is 3.24. The number of hydrogen-bond donors (Lipinski definition) is 1. The molecular weight excluding hydrogens is 344 g/mol. The molecule has 0 saturated carbocycles. The van der Waals surface area contributed by atoms with Gasteiger partial charge in [0.2, 0.25) is 5.95 Å². The lowest BCUT2D eigenvalue weighted by molar-refractivity contribution is 0.349. The lowest BCUT2D eigenvalue weighted by Crippen LogP contribution is -2.20. The van der Waals surface area contributed by atoms with Crippen molar-refractivity contribution in [3.63, 3.8) is 0 Å². The van der Waals surface area contributed by atoms with Crippen LogP contribution in [0.4, 0.5) is 5.95 Å². The van der Waals surface area contributed by atoms with Crippen molar-refractivity contribution in [2.24, 2.45) is 0 Å². The molecule has 4 rings (SSSR count). The van der Waals surface area contributed by atoms with Crippen molar-refractivity contribution in [2.75, 3.05) is 26.6 Å². The lowest BCUT2D eigenvalue weighted by atomic mass is 10.0. The number of aromatic nitrogens is 3. The number of hydrogen-bond acceptors (Lipinski definition) is 6. The molecule has 0 fully saturated rings. The summed E-state index contributed by atoms with van der Waals surface area (Å²) in [5, 5.41) is 7.72.